The molecule has 1 rings (SSSR count). The van der Waals surface area contributed by atoms with Gasteiger partial charge < -0.3 is 15.5 Å². The van der Waals surface area contributed by atoms with Crippen molar-refractivity contribution in [3.63, 3.8) is 0 Å². The first kappa shape index (κ1) is 9.48. The van der Waals surface area contributed by atoms with Crippen LogP contribution in [-0.2, 0) is 4.79 Å². The molecule has 70 valence electrons. The lowest BCUT2D eigenvalue weighted by molar-refractivity contribution is -0.119. The Bertz CT molecular complexity index is 158. The van der Waals surface area contributed by atoms with E-state index >= 15 is 0 Å². The zero-order chi connectivity index (χ0) is 8.97. The van der Waals surface area contributed by atoms with Crippen LogP contribution in [-0.4, -0.2) is 50.6 Å². The van der Waals surface area contributed by atoms with Gasteiger partial charge in [-0.1, -0.05) is 0 Å². The molecule has 12 heavy (non-hydrogen) atoms. The monoisotopic (exact) mass is 171 g/mol. The number of carbonyl (C=O) groups excluding carboxylic acids is 1. The largest absolute Gasteiger partial charge is 0.354 e. The number of rotatable bonds is 4. The Balaban J connectivity index is 2.04. The fraction of sp³-hybridized carbons (Fsp3) is 0.875. The first-order valence-corrected chi connectivity index (χ1v) is 4.33. The van der Waals surface area contributed by atoms with Crippen LogP contribution in [0.3, 0.4) is 0 Å². The van der Waals surface area contributed by atoms with E-state index in [1.807, 2.05) is 14.1 Å². The second-order valence-electron chi connectivity index (χ2n) is 3.46. The van der Waals surface area contributed by atoms with Crippen molar-refractivity contribution in [2.75, 3.05) is 33.7 Å². The van der Waals surface area contributed by atoms with Crippen LogP contribution >= 0.6 is 0 Å². The molecule has 1 aliphatic heterocycles. The highest BCUT2D eigenvalue weighted by Gasteiger charge is 2.19. The maximum absolute atomic E-state index is 10.8. The number of nitrogens with zero attached hydrogens (tertiary/aromatic N) is 1. The summed E-state index contributed by atoms with van der Waals surface area (Å²) < 4.78 is 0. The number of nitrogens with one attached hydrogen (secondary N) is 2. The van der Waals surface area contributed by atoms with E-state index < -0.39 is 0 Å². The molecular weight excluding hydrogens is 154 g/mol. The summed E-state index contributed by atoms with van der Waals surface area (Å²) in [6.45, 7) is 2.75. The van der Waals surface area contributed by atoms with Crippen LogP contribution in [0.4, 0.5) is 0 Å². The molecule has 0 spiro atoms. The third-order valence-electron chi connectivity index (χ3n) is 1.97. The molecule has 4 nitrogen and oxygen atoms in total. The fourth-order valence-corrected chi connectivity index (χ4v) is 1.24. The van der Waals surface area contributed by atoms with Crippen molar-refractivity contribution in [2.24, 2.45) is 0 Å². The molecule has 2 N–H and O–H groups in total. The van der Waals surface area contributed by atoms with E-state index in [0.717, 1.165) is 19.6 Å². The second-order valence-corrected chi connectivity index (χ2v) is 3.46. The van der Waals surface area contributed by atoms with Crippen molar-refractivity contribution < 1.29 is 4.79 Å². The van der Waals surface area contributed by atoms with Crippen molar-refractivity contribution in [2.45, 2.75) is 12.5 Å². The molecule has 1 amide bonds. The van der Waals surface area contributed by atoms with Crippen LogP contribution in [0.25, 0.3) is 0 Å². The molecule has 1 atom stereocenters. The normalized spacial score (nSPS) is 23.2. The summed E-state index contributed by atoms with van der Waals surface area (Å²) in [5.41, 5.74) is 0. The van der Waals surface area contributed by atoms with Crippen LogP contribution < -0.4 is 10.6 Å². The molecule has 1 saturated heterocycles. The van der Waals surface area contributed by atoms with Gasteiger partial charge in [0.05, 0.1) is 0 Å². The molecule has 1 aliphatic rings. The minimum absolute atomic E-state index is 0.164. The molecular formula is C8H17N3O. The van der Waals surface area contributed by atoms with Crippen LogP contribution in [0, 0.1) is 0 Å². The van der Waals surface area contributed by atoms with E-state index in [4.69, 9.17) is 0 Å². The summed E-state index contributed by atoms with van der Waals surface area (Å²) in [6.07, 6.45) is 0.632. The maximum atomic E-state index is 10.8. The average Bonchev–Trinajstić information content (AvgIpc) is 2.35. The number of amides is 1. The lowest BCUT2D eigenvalue weighted by Crippen LogP contribution is -2.35. The Morgan fingerprint density at radius 1 is 1.67 bits per heavy atom. The van der Waals surface area contributed by atoms with Gasteiger partial charge in [0.2, 0.25) is 5.91 Å². The molecule has 0 aromatic carbocycles. The highest BCUT2D eigenvalue weighted by atomic mass is 16.1. The topological polar surface area (TPSA) is 44.4 Å². The Morgan fingerprint density at radius 2 is 2.42 bits per heavy atom. The molecule has 0 aromatic heterocycles. The number of carbonyl (C=O) groups is 1. The molecule has 0 aliphatic carbocycles. The first-order chi connectivity index (χ1) is 5.68. The number of hydrogen-bond donors (Lipinski definition) is 2. The molecule has 0 aromatic rings. The first-order valence-electron chi connectivity index (χ1n) is 4.33. The summed E-state index contributed by atoms with van der Waals surface area (Å²) in [6, 6.07) is 0.345. The maximum Gasteiger partial charge on any atom is 0.221 e. The zero-order valence-electron chi connectivity index (χ0n) is 7.76. The lowest BCUT2D eigenvalue weighted by Gasteiger charge is -2.13. The Kier molecular flexibility index (Phi) is 3.49. The number of likely N-dealkylation sites (N-methyl/N-ethyl adjacent to an activating group) is 1. The highest BCUT2D eigenvalue weighted by molar-refractivity contribution is 5.78. The average molecular weight is 171 g/mol. The molecule has 4 heteroatoms. The SMILES string of the molecule is CN(C)CCNC1CNC(=O)C1. The third-order valence-corrected chi connectivity index (χ3v) is 1.97. The second kappa shape index (κ2) is 4.42. The van der Waals surface area contributed by atoms with E-state index in [1.54, 1.807) is 0 Å². The van der Waals surface area contributed by atoms with Gasteiger partial charge in [0.25, 0.3) is 0 Å². The minimum Gasteiger partial charge on any atom is -0.354 e. The lowest BCUT2D eigenvalue weighted by atomic mass is 10.2. The minimum atomic E-state index is 0.164. The Labute approximate surface area is 73.3 Å². The quantitative estimate of drug-likeness (QED) is 0.572. The van der Waals surface area contributed by atoms with Gasteiger partial charge in [0.15, 0.2) is 0 Å². The van der Waals surface area contributed by atoms with Crippen LogP contribution in [0.1, 0.15) is 6.42 Å². The highest BCUT2D eigenvalue weighted by Crippen LogP contribution is 1.97. The van der Waals surface area contributed by atoms with Crippen LogP contribution in [0.2, 0.25) is 0 Å². The molecule has 1 fully saturated rings. The smallest absolute Gasteiger partial charge is 0.221 e. The third kappa shape index (κ3) is 3.19. The zero-order valence-corrected chi connectivity index (χ0v) is 7.76. The molecule has 0 bridgehead atoms. The summed E-state index contributed by atoms with van der Waals surface area (Å²) in [7, 11) is 4.08. The van der Waals surface area contributed by atoms with Gasteiger partial charge in [-0.2, -0.15) is 0 Å². The van der Waals surface area contributed by atoms with Crippen molar-refractivity contribution in [1.29, 1.82) is 0 Å². The Hall–Kier alpha value is -0.610. The molecule has 1 unspecified atom stereocenters. The molecule has 1 heterocycles. The molecule has 0 saturated carbocycles. The van der Waals surface area contributed by atoms with Gasteiger partial charge in [-0.25, -0.2) is 0 Å². The van der Waals surface area contributed by atoms with Gasteiger partial charge in [0, 0.05) is 32.1 Å². The van der Waals surface area contributed by atoms with E-state index in [9.17, 15) is 4.79 Å². The summed E-state index contributed by atoms with van der Waals surface area (Å²) in [5.74, 6) is 0.164. The van der Waals surface area contributed by atoms with Crippen molar-refractivity contribution in [3.8, 4) is 0 Å². The summed E-state index contributed by atoms with van der Waals surface area (Å²) in [5, 5.41) is 6.11. The van der Waals surface area contributed by atoms with Gasteiger partial charge in [-0.05, 0) is 14.1 Å². The summed E-state index contributed by atoms with van der Waals surface area (Å²) >= 11 is 0. The van der Waals surface area contributed by atoms with Gasteiger partial charge in [-0.15, -0.1) is 0 Å². The molecule has 0 radical (unpaired) electrons. The van der Waals surface area contributed by atoms with Crippen molar-refractivity contribution >= 4 is 5.91 Å². The fourth-order valence-electron chi connectivity index (χ4n) is 1.24. The van der Waals surface area contributed by atoms with Crippen LogP contribution in [0.15, 0.2) is 0 Å². The standard InChI is InChI=1S/C8H17N3O/c1-11(2)4-3-9-7-5-8(12)10-6-7/h7,9H,3-6H2,1-2H3,(H,10,12). The predicted octanol–water partition coefficient (Wildman–Crippen LogP) is -0.974. The summed E-state index contributed by atoms with van der Waals surface area (Å²) in [4.78, 5) is 12.9. The van der Waals surface area contributed by atoms with E-state index in [2.05, 4.69) is 15.5 Å². The van der Waals surface area contributed by atoms with Gasteiger partial charge in [-0.3, -0.25) is 4.79 Å². The predicted molar refractivity (Wildman–Crippen MR) is 48.0 cm³/mol. The Morgan fingerprint density at radius 3 is 2.92 bits per heavy atom. The van der Waals surface area contributed by atoms with Gasteiger partial charge in [0.1, 0.15) is 0 Å². The van der Waals surface area contributed by atoms with E-state index in [1.165, 1.54) is 0 Å². The van der Waals surface area contributed by atoms with Crippen LogP contribution in [0.5, 0.6) is 0 Å². The van der Waals surface area contributed by atoms with E-state index in [0.29, 0.717) is 12.5 Å². The van der Waals surface area contributed by atoms with Crippen molar-refractivity contribution in [1.82, 2.24) is 15.5 Å². The van der Waals surface area contributed by atoms with Crippen molar-refractivity contribution in [3.05, 3.63) is 0 Å². The van der Waals surface area contributed by atoms with E-state index in [-0.39, 0.29) is 5.91 Å². The number of hydrogen-bond acceptors (Lipinski definition) is 3. The van der Waals surface area contributed by atoms with Gasteiger partial charge >= 0.3 is 0 Å².